The second-order valence-electron chi connectivity index (χ2n) is 5.26. The highest BCUT2D eigenvalue weighted by atomic mass is 16.2. The van der Waals surface area contributed by atoms with Crippen molar-refractivity contribution >= 4 is 22.9 Å². The molecule has 0 aromatic carbocycles. The maximum absolute atomic E-state index is 11.4. The van der Waals surface area contributed by atoms with Gasteiger partial charge in [-0.05, 0) is 13.8 Å². The van der Waals surface area contributed by atoms with Gasteiger partial charge in [-0.25, -0.2) is 19.9 Å². The van der Waals surface area contributed by atoms with E-state index in [1.54, 1.807) is 6.92 Å². The number of piperazine rings is 1. The molecule has 21 heavy (non-hydrogen) atoms. The molecule has 3 heterocycles. The Bertz CT molecular complexity index is 693. The largest absolute Gasteiger partial charge is 0.351 e. The lowest BCUT2D eigenvalue weighted by atomic mass is 10.3. The number of carbonyl (C=O) groups excluding carboxylic acids is 1. The Morgan fingerprint density at radius 2 is 1.71 bits per heavy atom. The van der Waals surface area contributed by atoms with Gasteiger partial charge in [0.05, 0.1) is 11.4 Å². The summed E-state index contributed by atoms with van der Waals surface area (Å²) in [7, 11) is 0. The predicted octanol–water partition coefficient (Wildman–Crippen LogP) is 0.705. The summed E-state index contributed by atoms with van der Waals surface area (Å²) in [6.07, 6.45) is 1.53. The Kier molecular flexibility index (Phi) is 3.40. The van der Waals surface area contributed by atoms with Crippen LogP contribution in [0.3, 0.4) is 0 Å². The van der Waals surface area contributed by atoms with Crippen LogP contribution in [0, 0.1) is 13.8 Å². The summed E-state index contributed by atoms with van der Waals surface area (Å²) in [5.74, 6) is 0.923. The molecule has 0 bridgehead atoms. The van der Waals surface area contributed by atoms with Gasteiger partial charge in [-0.3, -0.25) is 4.79 Å². The van der Waals surface area contributed by atoms with Crippen molar-refractivity contribution in [1.29, 1.82) is 0 Å². The number of fused-ring (bicyclic) bond motifs is 1. The van der Waals surface area contributed by atoms with E-state index in [9.17, 15) is 4.79 Å². The number of amides is 1. The van der Waals surface area contributed by atoms with Crippen LogP contribution in [-0.4, -0.2) is 56.9 Å². The second-order valence-corrected chi connectivity index (χ2v) is 5.26. The highest BCUT2D eigenvalue weighted by Gasteiger charge is 2.22. The van der Waals surface area contributed by atoms with Crippen molar-refractivity contribution in [2.45, 2.75) is 20.8 Å². The van der Waals surface area contributed by atoms with E-state index in [0.29, 0.717) is 18.7 Å². The molecule has 110 valence electrons. The fraction of sp³-hybridized carbons (Fsp3) is 0.500. The van der Waals surface area contributed by atoms with Crippen LogP contribution in [0.4, 0.5) is 5.82 Å². The summed E-state index contributed by atoms with van der Waals surface area (Å²) in [4.78, 5) is 33.0. The van der Waals surface area contributed by atoms with Crippen LogP contribution in [0.5, 0.6) is 0 Å². The standard InChI is InChI=1S/C14H18N6O/c1-9-10(2)18-13-12(17-9)14(16-8-15-13)20-6-4-19(5-7-20)11(3)21/h8H,4-7H2,1-3H3. The molecule has 3 rings (SSSR count). The van der Waals surface area contributed by atoms with Crippen molar-refractivity contribution in [3.8, 4) is 0 Å². The smallest absolute Gasteiger partial charge is 0.219 e. The van der Waals surface area contributed by atoms with Gasteiger partial charge in [-0.2, -0.15) is 0 Å². The summed E-state index contributed by atoms with van der Waals surface area (Å²) in [6, 6.07) is 0. The van der Waals surface area contributed by atoms with Crippen LogP contribution in [0.25, 0.3) is 11.2 Å². The molecular weight excluding hydrogens is 268 g/mol. The van der Waals surface area contributed by atoms with Crippen LogP contribution in [0.15, 0.2) is 6.33 Å². The Balaban J connectivity index is 1.94. The monoisotopic (exact) mass is 286 g/mol. The second kappa shape index (κ2) is 5.23. The molecule has 1 aliphatic heterocycles. The van der Waals surface area contributed by atoms with Gasteiger partial charge in [-0.1, -0.05) is 0 Å². The third kappa shape index (κ3) is 2.51. The number of aromatic nitrogens is 4. The Morgan fingerprint density at radius 1 is 1.05 bits per heavy atom. The SMILES string of the molecule is CC(=O)N1CCN(c2ncnc3nc(C)c(C)nc23)CC1. The number of carbonyl (C=O) groups is 1. The normalized spacial score (nSPS) is 15.6. The van der Waals surface area contributed by atoms with Crippen molar-refractivity contribution in [2.24, 2.45) is 0 Å². The number of aryl methyl sites for hydroxylation is 2. The molecule has 2 aromatic heterocycles. The highest BCUT2D eigenvalue weighted by molar-refractivity contribution is 5.83. The Labute approximate surface area is 123 Å². The molecule has 0 saturated carbocycles. The van der Waals surface area contributed by atoms with Gasteiger partial charge in [0.25, 0.3) is 0 Å². The lowest BCUT2D eigenvalue weighted by Gasteiger charge is -2.34. The van der Waals surface area contributed by atoms with Gasteiger partial charge < -0.3 is 9.80 Å². The van der Waals surface area contributed by atoms with Crippen molar-refractivity contribution in [2.75, 3.05) is 31.1 Å². The molecular formula is C14H18N6O. The molecule has 0 atom stereocenters. The van der Waals surface area contributed by atoms with Crippen molar-refractivity contribution in [1.82, 2.24) is 24.8 Å². The van der Waals surface area contributed by atoms with Crippen LogP contribution in [0.2, 0.25) is 0 Å². The van der Waals surface area contributed by atoms with E-state index < -0.39 is 0 Å². The van der Waals surface area contributed by atoms with Gasteiger partial charge >= 0.3 is 0 Å². The molecule has 0 N–H and O–H groups in total. The van der Waals surface area contributed by atoms with Gasteiger partial charge in [0.2, 0.25) is 5.91 Å². The fourth-order valence-corrected chi connectivity index (χ4v) is 2.50. The molecule has 7 heteroatoms. The average Bonchev–Trinajstić information content (AvgIpc) is 2.48. The molecule has 1 aliphatic rings. The van der Waals surface area contributed by atoms with Crippen LogP contribution in [0.1, 0.15) is 18.3 Å². The van der Waals surface area contributed by atoms with Gasteiger partial charge in [0.1, 0.15) is 6.33 Å². The number of hydrogen-bond donors (Lipinski definition) is 0. The van der Waals surface area contributed by atoms with Crippen LogP contribution < -0.4 is 4.90 Å². The minimum Gasteiger partial charge on any atom is -0.351 e. The van der Waals surface area contributed by atoms with Gasteiger partial charge in [0, 0.05) is 33.1 Å². The summed E-state index contributed by atoms with van der Waals surface area (Å²) < 4.78 is 0. The molecule has 1 saturated heterocycles. The van der Waals surface area contributed by atoms with Crippen LogP contribution >= 0.6 is 0 Å². The van der Waals surface area contributed by atoms with E-state index in [-0.39, 0.29) is 5.91 Å². The van der Waals surface area contributed by atoms with Crippen molar-refractivity contribution < 1.29 is 4.79 Å². The zero-order valence-corrected chi connectivity index (χ0v) is 12.5. The van der Waals surface area contributed by atoms with Crippen LogP contribution in [-0.2, 0) is 4.79 Å². The molecule has 0 radical (unpaired) electrons. The fourth-order valence-electron chi connectivity index (χ4n) is 2.50. The van der Waals surface area contributed by atoms with Gasteiger partial charge in [-0.15, -0.1) is 0 Å². The van der Waals surface area contributed by atoms with E-state index in [0.717, 1.165) is 35.8 Å². The topological polar surface area (TPSA) is 75.1 Å². The molecule has 0 unspecified atom stereocenters. The Hall–Kier alpha value is -2.31. The molecule has 0 aliphatic carbocycles. The van der Waals surface area contributed by atoms with E-state index in [2.05, 4.69) is 24.8 Å². The summed E-state index contributed by atoms with van der Waals surface area (Å²) in [5.41, 5.74) is 3.13. The first kappa shape index (κ1) is 13.7. The average molecular weight is 286 g/mol. The molecule has 7 nitrogen and oxygen atoms in total. The summed E-state index contributed by atoms with van der Waals surface area (Å²) in [5, 5.41) is 0. The maximum Gasteiger partial charge on any atom is 0.219 e. The maximum atomic E-state index is 11.4. The first-order chi connectivity index (χ1) is 10.1. The minimum atomic E-state index is 0.119. The lowest BCUT2D eigenvalue weighted by Crippen LogP contribution is -2.48. The van der Waals surface area contributed by atoms with Gasteiger partial charge in [0.15, 0.2) is 17.0 Å². The van der Waals surface area contributed by atoms with E-state index in [4.69, 9.17) is 0 Å². The van der Waals surface area contributed by atoms with Crippen molar-refractivity contribution in [3.05, 3.63) is 17.7 Å². The predicted molar refractivity (Wildman–Crippen MR) is 79.1 cm³/mol. The quantitative estimate of drug-likeness (QED) is 0.768. The van der Waals surface area contributed by atoms with E-state index in [1.807, 2.05) is 18.7 Å². The third-order valence-corrected chi connectivity index (χ3v) is 3.88. The summed E-state index contributed by atoms with van der Waals surface area (Å²) in [6.45, 7) is 8.38. The first-order valence-electron chi connectivity index (χ1n) is 7.02. The Morgan fingerprint density at radius 3 is 2.38 bits per heavy atom. The molecule has 1 fully saturated rings. The van der Waals surface area contributed by atoms with E-state index >= 15 is 0 Å². The number of rotatable bonds is 1. The van der Waals surface area contributed by atoms with E-state index in [1.165, 1.54) is 6.33 Å². The lowest BCUT2D eigenvalue weighted by molar-refractivity contribution is -0.129. The number of anilines is 1. The molecule has 0 spiro atoms. The highest BCUT2D eigenvalue weighted by Crippen LogP contribution is 2.22. The molecule has 2 aromatic rings. The third-order valence-electron chi connectivity index (χ3n) is 3.88. The number of nitrogens with zero attached hydrogens (tertiary/aromatic N) is 6. The zero-order chi connectivity index (χ0) is 15.0. The minimum absolute atomic E-state index is 0.119. The molecule has 1 amide bonds. The zero-order valence-electron chi connectivity index (χ0n) is 12.5. The summed E-state index contributed by atoms with van der Waals surface area (Å²) >= 11 is 0. The number of hydrogen-bond acceptors (Lipinski definition) is 6. The first-order valence-corrected chi connectivity index (χ1v) is 7.02. The van der Waals surface area contributed by atoms with Crippen molar-refractivity contribution in [3.63, 3.8) is 0 Å².